The number of nitrogen functional groups attached to an aromatic ring is 1. The van der Waals surface area contributed by atoms with Gasteiger partial charge < -0.3 is 10.5 Å². The van der Waals surface area contributed by atoms with Crippen molar-refractivity contribution in [2.45, 2.75) is 4.90 Å². The second-order valence-corrected chi connectivity index (χ2v) is 7.07. The van der Waals surface area contributed by atoms with Crippen LogP contribution >= 0.6 is 11.3 Å². The number of rotatable bonds is 3. The summed E-state index contributed by atoms with van der Waals surface area (Å²) < 4.78 is 27.3. The number of nitrogens with two attached hydrogens (primary N) is 1. The van der Waals surface area contributed by atoms with Crippen molar-refractivity contribution in [3.05, 3.63) is 30.0 Å². The van der Waals surface area contributed by atoms with E-state index in [0.717, 1.165) is 17.6 Å². The molecular weight excluding hydrogens is 300 g/mol. The predicted octanol–water partition coefficient (Wildman–Crippen LogP) is 1.58. The van der Waals surface area contributed by atoms with Crippen LogP contribution in [0.1, 0.15) is 10.5 Å². The fourth-order valence-corrected chi connectivity index (χ4v) is 3.00. The Morgan fingerprint density at radius 3 is 2.40 bits per heavy atom. The number of hydrogen-bond donors (Lipinski definition) is 1. The number of methoxy groups -OCH3 is 1. The minimum Gasteiger partial charge on any atom is -0.464 e. The predicted molar refractivity (Wildman–Crippen MR) is 76.4 cm³/mol. The summed E-state index contributed by atoms with van der Waals surface area (Å²) in [4.78, 5) is 15.8. The van der Waals surface area contributed by atoms with Crippen molar-refractivity contribution in [2.75, 3.05) is 19.1 Å². The van der Waals surface area contributed by atoms with Crippen molar-refractivity contribution in [3.63, 3.8) is 0 Å². The Morgan fingerprint density at radius 2 is 1.90 bits per heavy atom. The number of sulfone groups is 1. The molecule has 0 aliphatic carbocycles. The molecule has 0 aliphatic rings. The topological polar surface area (TPSA) is 99.3 Å². The minimum atomic E-state index is -3.24. The zero-order chi connectivity index (χ0) is 14.9. The lowest BCUT2D eigenvalue weighted by Crippen LogP contribution is -2.04. The average Bonchev–Trinajstić information content (AvgIpc) is 2.79. The van der Waals surface area contributed by atoms with E-state index in [0.29, 0.717) is 10.6 Å². The van der Waals surface area contributed by atoms with Gasteiger partial charge in [0, 0.05) is 11.8 Å². The van der Waals surface area contributed by atoms with Gasteiger partial charge in [-0.05, 0) is 12.1 Å². The molecule has 0 radical (unpaired) electrons. The minimum absolute atomic E-state index is 0.0692. The van der Waals surface area contributed by atoms with Crippen molar-refractivity contribution in [2.24, 2.45) is 0 Å². The molecule has 20 heavy (non-hydrogen) atoms. The smallest absolute Gasteiger partial charge is 0.359 e. The van der Waals surface area contributed by atoms with Crippen LogP contribution in [0.4, 0.5) is 5.00 Å². The Balaban J connectivity index is 2.40. The highest BCUT2D eigenvalue weighted by Crippen LogP contribution is 2.30. The highest BCUT2D eigenvalue weighted by molar-refractivity contribution is 7.90. The number of hydrogen-bond acceptors (Lipinski definition) is 7. The fourth-order valence-electron chi connectivity index (χ4n) is 1.54. The molecule has 2 N–H and O–H groups in total. The molecule has 2 rings (SSSR count). The third kappa shape index (κ3) is 2.81. The van der Waals surface area contributed by atoms with E-state index in [2.05, 4.69) is 9.72 Å². The lowest BCUT2D eigenvalue weighted by molar-refractivity contribution is 0.0596. The first-order valence-corrected chi connectivity index (χ1v) is 8.19. The molecule has 8 heteroatoms. The van der Waals surface area contributed by atoms with E-state index >= 15 is 0 Å². The lowest BCUT2D eigenvalue weighted by atomic mass is 10.2. The van der Waals surface area contributed by atoms with Crippen LogP contribution in [0.2, 0.25) is 0 Å². The second kappa shape index (κ2) is 5.22. The van der Waals surface area contributed by atoms with Crippen LogP contribution in [0.15, 0.2) is 29.2 Å². The third-order valence-electron chi connectivity index (χ3n) is 2.56. The molecule has 0 aliphatic heterocycles. The lowest BCUT2D eigenvalue weighted by Gasteiger charge is -1.99. The molecule has 106 valence electrons. The van der Waals surface area contributed by atoms with Gasteiger partial charge >= 0.3 is 5.97 Å². The number of carbonyl (C=O) groups excluding carboxylic acids is 1. The molecule has 0 spiro atoms. The third-order valence-corrected chi connectivity index (χ3v) is 4.62. The molecule has 0 saturated carbocycles. The summed E-state index contributed by atoms with van der Waals surface area (Å²) in [7, 11) is -1.99. The SMILES string of the molecule is COC(=O)c1nc(-c2ccc(S(C)(=O)=O)cc2)sc1N. The highest BCUT2D eigenvalue weighted by atomic mass is 32.2. The Labute approximate surface area is 120 Å². The first-order chi connectivity index (χ1) is 9.32. The van der Waals surface area contributed by atoms with E-state index in [1.165, 1.54) is 19.2 Å². The van der Waals surface area contributed by atoms with E-state index in [4.69, 9.17) is 5.73 Å². The Morgan fingerprint density at radius 1 is 1.30 bits per heavy atom. The van der Waals surface area contributed by atoms with Crippen molar-refractivity contribution in [1.82, 2.24) is 4.98 Å². The first kappa shape index (κ1) is 14.5. The monoisotopic (exact) mass is 312 g/mol. The summed E-state index contributed by atoms with van der Waals surface area (Å²) in [5.74, 6) is -0.599. The number of esters is 1. The summed E-state index contributed by atoms with van der Waals surface area (Å²) in [6, 6.07) is 6.21. The number of carbonyl (C=O) groups is 1. The molecule has 0 saturated heterocycles. The quantitative estimate of drug-likeness (QED) is 0.864. The number of thiazole rings is 1. The molecule has 1 heterocycles. The van der Waals surface area contributed by atoms with E-state index < -0.39 is 15.8 Å². The standard InChI is InChI=1S/C12H12N2O4S2/c1-18-12(15)9-10(13)19-11(14-9)7-3-5-8(6-4-7)20(2,16)17/h3-6H,13H2,1-2H3. The summed E-state index contributed by atoms with van der Waals surface area (Å²) in [5, 5.41) is 0.794. The number of ether oxygens (including phenoxy) is 1. The van der Waals surface area contributed by atoms with Crippen LogP contribution in [-0.4, -0.2) is 32.7 Å². The Hall–Kier alpha value is -1.93. The van der Waals surface area contributed by atoms with E-state index in [1.807, 2.05) is 0 Å². The van der Waals surface area contributed by atoms with Crippen molar-refractivity contribution in [1.29, 1.82) is 0 Å². The van der Waals surface area contributed by atoms with Gasteiger partial charge in [-0.3, -0.25) is 0 Å². The van der Waals surface area contributed by atoms with Crippen LogP contribution < -0.4 is 5.73 Å². The molecule has 6 nitrogen and oxygen atoms in total. The van der Waals surface area contributed by atoms with Gasteiger partial charge in [-0.2, -0.15) is 0 Å². The van der Waals surface area contributed by atoms with Gasteiger partial charge in [0.15, 0.2) is 15.5 Å². The normalized spacial score (nSPS) is 11.3. The van der Waals surface area contributed by atoms with Gasteiger partial charge in [0.1, 0.15) is 10.0 Å². The second-order valence-electron chi connectivity index (χ2n) is 4.02. The largest absolute Gasteiger partial charge is 0.464 e. The van der Waals surface area contributed by atoms with Crippen LogP contribution in [-0.2, 0) is 14.6 Å². The van der Waals surface area contributed by atoms with E-state index in [1.54, 1.807) is 12.1 Å². The van der Waals surface area contributed by atoms with Crippen molar-refractivity contribution < 1.29 is 17.9 Å². The van der Waals surface area contributed by atoms with Crippen molar-refractivity contribution >= 4 is 32.1 Å². The van der Waals surface area contributed by atoms with Crippen LogP contribution in [0, 0.1) is 0 Å². The zero-order valence-electron chi connectivity index (χ0n) is 10.8. The average molecular weight is 312 g/mol. The summed E-state index contributed by atoms with van der Waals surface area (Å²) in [5.41, 5.74) is 6.47. The summed E-state index contributed by atoms with van der Waals surface area (Å²) in [6.07, 6.45) is 1.14. The molecule has 0 bridgehead atoms. The molecule has 0 atom stereocenters. The molecule has 2 aromatic rings. The molecule has 0 amide bonds. The first-order valence-electron chi connectivity index (χ1n) is 5.48. The fraction of sp³-hybridized carbons (Fsp3) is 0.167. The Bertz CT molecular complexity index is 748. The summed E-state index contributed by atoms with van der Waals surface area (Å²) in [6.45, 7) is 0. The Kier molecular flexibility index (Phi) is 3.78. The number of nitrogens with zero attached hydrogens (tertiary/aromatic N) is 1. The number of anilines is 1. The summed E-state index contributed by atoms with van der Waals surface area (Å²) >= 11 is 1.14. The van der Waals surface area contributed by atoms with Crippen LogP contribution in [0.25, 0.3) is 10.6 Å². The van der Waals surface area contributed by atoms with Crippen molar-refractivity contribution in [3.8, 4) is 10.6 Å². The van der Waals surface area contributed by atoms with Gasteiger partial charge in [-0.15, -0.1) is 0 Å². The maximum absolute atomic E-state index is 11.4. The van der Waals surface area contributed by atoms with Crippen LogP contribution in [0.5, 0.6) is 0 Å². The van der Waals surface area contributed by atoms with Gasteiger partial charge in [-0.1, -0.05) is 23.5 Å². The van der Waals surface area contributed by atoms with Gasteiger partial charge in [0.2, 0.25) is 0 Å². The van der Waals surface area contributed by atoms with E-state index in [-0.39, 0.29) is 15.6 Å². The molecule has 0 unspecified atom stereocenters. The van der Waals surface area contributed by atoms with Gasteiger partial charge in [-0.25, -0.2) is 18.2 Å². The van der Waals surface area contributed by atoms with E-state index in [9.17, 15) is 13.2 Å². The van der Waals surface area contributed by atoms with Crippen LogP contribution in [0.3, 0.4) is 0 Å². The molecule has 1 aromatic heterocycles. The number of benzene rings is 1. The number of aromatic nitrogens is 1. The van der Waals surface area contributed by atoms with Gasteiger partial charge in [0.25, 0.3) is 0 Å². The molecular formula is C12H12N2O4S2. The maximum Gasteiger partial charge on any atom is 0.359 e. The highest BCUT2D eigenvalue weighted by Gasteiger charge is 2.17. The molecule has 0 fully saturated rings. The van der Waals surface area contributed by atoms with Gasteiger partial charge in [0.05, 0.1) is 12.0 Å². The molecule has 1 aromatic carbocycles. The zero-order valence-corrected chi connectivity index (χ0v) is 12.4. The maximum atomic E-state index is 11.4.